The molecular formula is C25H22ClN3O4. The number of ketones is 1. The molecule has 2 aromatic rings. The zero-order valence-electron chi connectivity index (χ0n) is 18.0. The van der Waals surface area contributed by atoms with E-state index in [2.05, 4.69) is 17.2 Å². The molecule has 0 radical (unpaired) electrons. The van der Waals surface area contributed by atoms with Crippen molar-refractivity contribution < 1.29 is 19.2 Å². The van der Waals surface area contributed by atoms with Crippen LogP contribution in [0.2, 0.25) is 5.02 Å². The van der Waals surface area contributed by atoms with E-state index in [0.29, 0.717) is 34.8 Å². The molecule has 2 aromatic carbocycles. The Morgan fingerprint density at radius 3 is 2.73 bits per heavy atom. The smallest absolute Gasteiger partial charge is 0.278 e. The van der Waals surface area contributed by atoms with Gasteiger partial charge in [0.15, 0.2) is 5.78 Å². The number of nitrogens with one attached hydrogen (secondary N) is 2. The van der Waals surface area contributed by atoms with Gasteiger partial charge >= 0.3 is 0 Å². The minimum atomic E-state index is -0.875. The molecule has 0 aromatic heterocycles. The van der Waals surface area contributed by atoms with Gasteiger partial charge < -0.3 is 10.6 Å². The number of hydrogen-bond acceptors (Lipinski definition) is 5. The van der Waals surface area contributed by atoms with E-state index in [0.717, 1.165) is 16.0 Å². The van der Waals surface area contributed by atoms with E-state index >= 15 is 0 Å². The predicted molar refractivity (Wildman–Crippen MR) is 125 cm³/mol. The fourth-order valence-corrected chi connectivity index (χ4v) is 4.04. The quantitative estimate of drug-likeness (QED) is 0.504. The van der Waals surface area contributed by atoms with E-state index in [1.807, 2.05) is 19.1 Å². The molecule has 2 aliphatic rings. The SMILES string of the molecule is C=C1CCC(N2C(=O)C=C(Nc3cccc(C(=O)Cc4ccc(C)c(Cl)c4)c3)C2=O)C(=O)N1. The molecule has 168 valence electrons. The molecule has 1 saturated heterocycles. The summed E-state index contributed by atoms with van der Waals surface area (Å²) in [4.78, 5) is 51.3. The van der Waals surface area contributed by atoms with Crippen LogP contribution in [0, 0.1) is 6.92 Å². The fourth-order valence-electron chi connectivity index (χ4n) is 3.84. The van der Waals surface area contributed by atoms with Crippen LogP contribution in [0.15, 0.2) is 66.5 Å². The number of piperidine rings is 1. The summed E-state index contributed by atoms with van der Waals surface area (Å²) >= 11 is 6.15. The van der Waals surface area contributed by atoms with Crippen molar-refractivity contribution in [3.63, 3.8) is 0 Å². The van der Waals surface area contributed by atoms with Crippen LogP contribution in [0.25, 0.3) is 0 Å². The third-order valence-electron chi connectivity index (χ3n) is 5.65. The highest BCUT2D eigenvalue weighted by Crippen LogP contribution is 2.25. The second-order valence-electron chi connectivity index (χ2n) is 8.11. The number of hydrogen-bond donors (Lipinski definition) is 2. The first-order valence-electron chi connectivity index (χ1n) is 10.5. The lowest BCUT2D eigenvalue weighted by Gasteiger charge is -2.29. The van der Waals surface area contributed by atoms with Gasteiger partial charge in [0, 0.05) is 34.5 Å². The number of allylic oxidation sites excluding steroid dienone is 1. The molecule has 0 aliphatic carbocycles. The highest BCUT2D eigenvalue weighted by molar-refractivity contribution is 6.31. The Morgan fingerprint density at radius 2 is 2.00 bits per heavy atom. The van der Waals surface area contributed by atoms with E-state index in [9.17, 15) is 19.2 Å². The molecular weight excluding hydrogens is 442 g/mol. The third-order valence-corrected chi connectivity index (χ3v) is 6.06. The lowest BCUT2D eigenvalue weighted by molar-refractivity contribution is -0.146. The van der Waals surface area contributed by atoms with Crippen molar-refractivity contribution in [2.45, 2.75) is 32.2 Å². The lowest BCUT2D eigenvalue weighted by Crippen LogP contribution is -2.52. The number of rotatable bonds is 6. The van der Waals surface area contributed by atoms with Gasteiger partial charge in [0.2, 0.25) is 5.91 Å². The standard InChI is InChI=1S/C25H22ClN3O4/c1-14-6-8-16(10-19(14)26)11-22(30)17-4-3-5-18(12-17)28-20-13-23(31)29(25(20)33)21-9-7-15(2)27-24(21)32/h3-6,8,10,12-13,21,28H,2,7,9,11H2,1H3,(H,27,32). The number of imide groups is 1. The number of carbonyl (C=O) groups is 4. The number of halogens is 1. The number of amides is 3. The molecule has 8 heteroatoms. The summed E-state index contributed by atoms with van der Waals surface area (Å²) in [6.07, 6.45) is 2.17. The first-order valence-corrected chi connectivity index (χ1v) is 10.8. The molecule has 3 amide bonds. The fraction of sp³-hybridized carbons (Fsp3) is 0.200. The van der Waals surface area contributed by atoms with Gasteiger partial charge in [-0.05, 0) is 49.1 Å². The summed E-state index contributed by atoms with van der Waals surface area (Å²) in [6.45, 7) is 5.61. The number of benzene rings is 2. The molecule has 2 heterocycles. The molecule has 1 unspecified atom stereocenters. The molecule has 1 fully saturated rings. The second kappa shape index (κ2) is 9.03. The van der Waals surface area contributed by atoms with Gasteiger partial charge in [-0.1, -0.05) is 42.4 Å². The Balaban J connectivity index is 1.46. The maximum Gasteiger partial charge on any atom is 0.278 e. The maximum absolute atomic E-state index is 12.9. The van der Waals surface area contributed by atoms with E-state index < -0.39 is 23.8 Å². The van der Waals surface area contributed by atoms with E-state index in [1.165, 1.54) is 6.08 Å². The normalized spacial score (nSPS) is 18.3. The van der Waals surface area contributed by atoms with Gasteiger partial charge in [-0.15, -0.1) is 0 Å². The second-order valence-corrected chi connectivity index (χ2v) is 8.52. The minimum absolute atomic E-state index is 0.0483. The van der Waals surface area contributed by atoms with Gasteiger partial charge in [-0.25, -0.2) is 0 Å². The van der Waals surface area contributed by atoms with Crippen LogP contribution in [-0.4, -0.2) is 34.4 Å². The van der Waals surface area contributed by atoms with Crippen LogP contribution in [0.5, 0.6) is 0 Å². The van der Waals surface area contributed by atoms with Crippen molar-refractivity contribution in [1.29, 1.82) is 0 Å². The van der Waals surface area contributed by atoms with Crippen LogP contribution >= 0.6 is 11.6 Å². The average molecular weight is 464 g/mol. The van der Waals surface area contributed by atoms with Crippen LogP contribution < -0.4 is 10.6 Å². The van der Waals surface area contributed by atoms with Gasteiger partial charge in [0.05, 0.1) is 0 Å². The van der Waals surface area contributed by atoms with Crippen LogP contribution in [-0.2, 0) is 20.8 Å². The Hall–Kier alpha value is -3.71. The molecule has 2 N–H and O–H groups in total. The molecule has 33 heavy (non-hydrogen) atoms. The van der Waals surface area contributed by atoms with Gasteiger partial charge in [-0.3, -0.25) is 24.1 Å². The highest BCUT2D eigenvalue weighted by Gasteiger charge is 2.41. The monoisotopic (exact) mass is 463 g/mol. The summed E-state index contributed by atoms with van der Waals surface area (Å²) in [7, 11) is 0. The molecule has 0 saturated carbocycles. The summed E-state index contributed by atoms with van der Waals surface area (Å²) in [6, 6.07) is 11.3. The largest absolute Gasteiger partial charge is 0.351 e. The first kappa shape index (κ1) is 22.5. The van der Waals surface area contributed by atoms with Crippen LogP contribution in [0.1, 0.15) is 34.3 Å². The molecule has 0 spiro atoms. The maximum atomic E-state index is 12.9. The van der Waals surface area contributed by atoms with Crippen molar-refractivity contribution in [3.8, 4) is 0 Å². The average Bonchev–Trinajstić information content (AvgIpc) is 3.04. The molecule has 2 aliphatic heterocycles. The van der Waals surface area contributed by atoms with Crippen molar-refractivity contribution in [2.24, 2.45) is 0 Å². The van der Waals surface area contributed by atoms with Crippen LogP contribution in [0.4, 0.5) is 5.69 Å². The summed E-state index contributed by atoms with van der Waals surface area (Å²) in [5.41, 5.74) is 3.29. The van der Waals surface area contributed by atoms with Crippen molar-refractivity contribution >= 4 is 40.8 Å². The zero-order chi connectivity index (χ0) is 23.7. The number of nitrogens with zero attached hydrogens (tertiary/aromatic N) is 1. The summed E-state index contributed by atoms with van der Waals surface area (Å²) in [5.74, 6) is -1.68. The minimum Gasteiger partial charge on any atom is -0.351 e. The molecule has 4 rings (SSSR count). The molecule has 1 atom stereocenters. The van der Waals surface area contributed by atoms with Crippen LogP contribution in [0.3, 0.4) is 0 Å². The predicted octanol–water partition coefficient (Wildman–Crippen LogP) is 3.53. The third kappa shape index (κ3) is 4.73. The van der Waals surface area contributed by atoms with E-state index in [4.69, 9.17) is 11.6 Å². The molecule has 7 nitrogen and oxygen atoms in total. The van der Waals surface area contributed by atoms with Gasteiger partial charge in [0.25, 0.3) is 11.8 Å². The number of aryl methyl sites for hydroxylation is 1. The van der Waals surface area contributed by atoms with E-state index in [1.54, 1.807) is 30.3 Å². The number of anilines is 1. The zero-order valence-corrected chi connectivity index (χ0v) is 18.7. The topological polar surface area (TPSA) is 95.6 Å². The van der Waals surface area contributed by atoms with Gasteiger partial charge in [0.1, 0.15) is 11.7 Å². The van der Waals surface area contributed by atoms with Crippen molar-refractivity contribution in [1.82, 2.24) is 10.2 Å². The van der Waals surface area contributed by atoms with Crippen molar-refractivity contribution in [2.75, 3.05) is 5.32 Å². The Morgan fingerprint density at radius 1 is 1.21 bits per heavy atom. The Bertz CT molecular complexity index is 1230. The lowest BCUT2D eigenvalue weighted by atomic mass is 10.0. The highest BCUT2D eigenvalue weighted by atomic mass is 35.5. The Kier molecular flexibility index (Phi) is 6.16. The summed E-state index contributed by atoms with van der Waals surface area (Å²) in [5, 5.41) is 6.11. The van der Waals surface area contributed by atoms with E-state index in [-0.39, 0.29) is 17.9 Å². The first-order chi connectivity index (χ1) is 15.7. The van der Waals surface area contributed by atoms with Crippen molar-refractivity contribution in [3.05, 3.63) is 88.2 Å². The Labute approximate surface area is 196 Å². The number of carbonyl (C=O) groups excluding carboxylic acids is 4. The molecule has 0 bridgehead atoms. The summed E-state index contributed by atoms with van der Waals surface area (Å²) < 4.78 is 0. The number of Topliss-reactive ketones (excluding diaryl/α,β-unsaturated/α-hetero) is 1. The van der Waals surface area contributed by atoms with Gasteiger partial charge in [-0.2, -0.15) is 0 Å².